The molecule has 0 saturated heterocycles. The minimum atomic E-state index is -0.540. The highest BCUT2D eigenvalue weighted by atomic mass is 18.2. The lowest BCUT2D eigenvalue weighted by atomic mass is 10.2. The first kappa shape index (κ1) is 10.4. The molecule has 3 aromatic rings. The standard InChI is InChI=1S/C13H7FN4/c14-12-5-10(3-4-16-12)11-8-18-7-9(6-15)1-2-13(18)17-11/h1-5,7-8H/i14-1. The van der Waals surface area contributed by atoms with Crippen molar-refractivity contribution < 1.29 is 4.39 Å². The van der Waals surface area contributed by atoms with Gasteiger partial charge in [0.15, 0.2) is 0 Å². The topological polar surface area (TPSA) is 54.0 Å². The summed E-state index contributed by atoms with van der Waals surface area (Å²) in [6.07, 6.45) is 4.84. The fraction of sp³-hybridized carbons (Fsp3) is 0. The van der Waals surface area contributed by atoms with Crippen LogP contribution in [0.15, 0.2) is 42.9 Å². The second-order valence-electron chi connectivity index (χ2n) is 3.79. The summed E-state index contributed by atoms with van der Waals surface area (Å²) in [5.74, 6) is -0.540. The van der Waals surface area contributed by atoms with E-state index in [-0.39, 0.29) is 0 Å². The van der Waals surface area contributed by atoms with Gasteiger partial charge < -0.3 is 4.40 Å². The van der Waals surface area contributed by atoms with E-state index in [4.69, 9.17) is 5.26 Å². The third-order valence-electron chi connectivity index (χ3n) is 2.60. The van der Waals surface area contributed by atoms with Crippen LogP contribution in [-0.4, -0.2) is 14.4 Å². The molecule has 0 atom stereocenters. The van der Waals surface area contributed by atoms with Gasteiger partial charge in [0.1, 0.15) is 11.7 Å². The molecular weight excluding hydrogens is 230 g/mol. The Kier molecular flexibility index (Phi) is 2.27. The lowest BCUT2D eigenvalue weighted by molar-refractivity contribution is 0.584. The molecule has 0 aliphatic heterocycles. The van der Waals surface area contributed by atoms with Crippen LogP contribution < -0.4 is 0 Å². The number of nitrogens with zero attached hydrogens (tertiary/aromatic N) is 4. The number of nitriles is 1. The first-order chi connectivity index (χ1) is 8.76. The number of aromatic nitrogens is 3. The van der Waals surface area contributed by atoms with E-state index in [0.29, 0.717) is 22.5 Å². The summed E-state index contributed by atoms with van der Waals surface area (Å²) >= 11 is 0. The van der Waals surface area contributed by atoms with E-state index in [9.17, 15) is 4.39 Å². The zero-order chi connectivity index (χ0) is 12.5. The van der Waals surface area contributed by atoms with Gasteiger partial charge in [0, 0.05) is 30.2 Å². The third kappa shape index (κ3) is 1.70. The van der Waals surface area contributed by atoms with Crippen molar-refractivity contribution in [3.8, 4) is 17.3 Å². The minimum absolute atomic E-state index is 0.540. The van der Waals surface area contributed by atoms with Crippen molar-refractivity contribution >= 4 is 5.65 Å². The first-order valence-electron chi connectivity index (χ1n) is 5.27. The maximum absolute atomic E-state index is 13.0. The number of hydrogen-bond donors (Lipinski definition) is 0. The van der Waals surface area contributed by atoms with Crippen molar-refractivity contribution in [2.75, 3.05) is 0 Å². The molecule has 0 fully saturated rings. The molecule has 3 rings (SSSR count). The Balaban J connectivity index is 2.17. The Bertz CT molecular complexity index is 770. The Hall–Kier alpha value is -2.74. The van der Waals surface area contributed by atoms with Crippen LogP contribution in [0, 0.1) is 17.3 Å². The van der Waals surface area contributed by atoms with E-state index in [2.05, 4.69) is 16.0 Å². The van der Waals surface area contributed by atoms with Crippen molar-refractivity contribution in [1.82, 2.24) is 14.4 Å². The molecule has 0 amide bonds. The highest BCUT2D eigenvalue weighted by Crippen LogP contribution is 2.19. The molecule has 0 aliphatic carbocycles. The largest absolute Gasteiger partial charge is 0.305 e. The van der Waals surface area contributed by atoms with E-state index in [0.717, 1.165) is 0 Å². The van der Waals surface area contributed by atoms with Crippen LogP contribution in [0.4, 0.5) is 4.39 Å². The SMILES string of the molecule is N#Cc1ccc2nc(-c3ccnc([18F])c3)cn2c1. The molecule has 0 unspecified atom stereocenters. The molecule has 0 N–H and O–H groups in total. The third-order valence-corrected chi connectivity index (χ3v) is 2.60. The van der Waals surface area contributed by atoms with Gasteiger partial charge in [-0.3, -0.25) is 0 Å². The number of fused-ring (bicyclic) bond motifs is 1. The van der Waals surface area contributed by atoms with Gasteiger partial charge in [0.2, 0.25) is 5.95 Å². The number of halogens is 1. The highest BCUT2D eigenvalue weighted by molar-refractivity contribution is 5.62. The van der Waals surface area contributed by atoms with Crippen LogP contribution >= 0.6 is 0 Å². The quantitative estimate of drug-likeness (QED) is 0.611. The molecule has 86 valence electrons. The predicted octanol–water partition coefficient (Wildman–Crippen LogP) is 2.41. The summed E-state index contributed by atoms with van der Waals surface area (Å²) in [4.78, 5) is 7.86. The summed E-state index contributed by atoms with van der Waals surface area (Å²) < 4.78 is 14.8. The van der Waals surface area contributed by atoms with E-state index >= 15 is 0 Å². The molecule has 0 spiro atoms. The molecule has 0 aromatic carbocycles. The smallest absolute Gasteiger partial charge is 0.213 e. The summed E-state index contributed by atoms with van der Waals surface area (Å²) in [7, 11) is 0. The van der Waals surface area contributed by atoms with Crippen molar-refractivity contribution in [3.63, 3.8) is 0 Å². The van der Waals surface area contributed by atoms with Gasteiger partial charge in [-0.25, -0.2) is 9.97 Å². The molecule has 18 heavy (non-hydrogen) atoms. The summed E-state index contributed by atoms with van der Waals surface area (Å²) in [5.41, 5.74) is 2.56. The maximum Gasteiger partial charge on any atom is 0.213 e. The van der Waals surface area contributed by atoms with Crippen LogP contribution in [0.1, 0.15) is 5.56 Å². The van der Waals surface area contributed by atoms with Crippen molar-refractivity contribution in [3.05, 3.63) is 54.4 Å². The molecule has 3 aromatic heterocycles. The van der Waals surface area contributed by atoms with E-state index in [1.807, 2.05) is 0 Å². The summed E-state index contributed by atoms with van der Waals surface area (Å²) in [6.45, 7) is 0. The number of imidazole rings is 1. The van der Waals surface area contributed by atoms with Crippen LogP contribution in [-0.2, 0) is 0 Å². The van der Waals surface area contributed by atoms with Crippen LogP contribution in [0.25, 0.3) is 16.9 Å². The van der Waals surface area contributed by atoms with Crippen molar-refractivity contribution in [1.29, 1.82) is 5.26 Å². The van der Waals surface area contributed by atoms with Crippen LogP contribution in [0.5, 0.6) is 0 Å². The zero-order valence-electron chi connectivity index (χ0n) is 9.21. The summed E-state index contributed by atoms with van der Waals surface area (Å²) in [5, 5.41) is 8.82. The lowest BCUT2D eigenvalue weighted by Crippen LogP contribution is -1.83. The minimum Gasteiger partial charge on any atom is -0.305 e. The second kappa shape index (κ2) is 3.93. The van der Waals surface area contributed by atoms with Gasteiger partial charge in [0.05, 0.1) is 11.3 Å². The normalized spacial score (nSPS) is 10.4. The maximum atomic E-state index is 13.0. The Labute approximate surface area is 102 Å². The predicted molar refractivity (Wildman–Crippen MR) is 63.1 cm³/mol. The van der Waals surface area contributed by atoms with Gasteiger partial charge in [-0.15, -0.1) is 0 Å². The second-order valence-corrected chi connectivity index (χ2v) is 3.79. The number of pyridine rings is 2. The molecule has 0 saturated carbocycles. The van der Waals surface area contributed by atoms with Gasteiger partial charge in [-0.05, 0) is 18.2 Å². The zero-order valence-corrected chi connectivity index (χ0v) is 9.21. The molecular formula is C13H7FN4. The Morgan fingerprint density at radius 2 is 2.11 bits per heavy atom. The average molecular weight is 237 g/mol. The van der Waals surface area contributed by atoms with Crippen LogP contribution in [0.2, 0.25) is 0 Å². The lowest BCUT2D eigenvalue weighted by Gasteiger charge is -1.94. The molecule has 3 heterocycles. The number of hydrogen-bond acceptors (Lipinski definition) is 3. The average Bonchev–Trinajstić information content (AvgIpc) is 2.81. The van der Waals surface area contributed by atoms with Crippen molar-refractivity contribution in [2.24, 2.45) is 0 Å². The molecule has 0 radical (unpaired) electrons. The number of rotatable bonds is 1. The molecule has 5 heteroatoms. The van der Waals surface area contributed by atoms with Gasteiger partial charge in [0.25, 0.3) is 0 Å². The van der Waals surface area contributed by atoms with E-state index < -0.39 is 5.95 Å². The molecule has 0 aliphatic rings. The van der Waals surface area contributed by atoms with Gasteiger partial charge in [-0.2, -0.15) is 9.65 Å². The van der Waals surface area contributed by atoms with E-state index in [1.54, 1.807) is 35.0 Å². The summed E-state index contributed by atoms with van der Waals surface area (Å²) in [6, 6.07) is 8.52. The Morgan fingerprint density at radius 3 is 2.89 bits per heavy atom. The fourth-order valence-electron chi connectivity index (χ4n) is 1.76. The monoisotopic (exact) mass is 237 g/mol. The molecule has 4 nitrogen and oxygen atoms in total. The fourth-order valence-corrected chi connectivity index (χ4v) is 1.76. The van der Waals surface area contributed by atoms with Gasteiger partial charge >= 0.3 is 0 Å². The Morgan fingerprint density at radius 1 is 1.22 bits per heavy atom. The van der Waals surface area contributed by atoms with Crippen LogP contribution in [0.3, 0.4) is 0 Å². The highest BCUT2D eigenvalue weighted by Gasteiger charge is 2.06. The van der Waals surface area contributed by atoms with Gasteiger partial charge in [-0.1, -0.05) is 0 Å². The first-order valence-corrected chi connectivity index (χ1v) is 5.27. The molecule has 0 bridgehead atoms. The van der Waals surface area contributed by atoms with Crippen molar-refractivity contribution in [2.45, 2.75) is 0 Å². The van der Waals surface area contributed by atoms with E-state index in [1.165, 1.54) is 12.3 Å².